The Hall–Kier alpha value is -1.58. The monoisotopic (exact) mass is 282 g/mol. The molecule has 0 amide bonds. The van der Waals surface area contributed by atoms with Crippen molar-refractivity contribution in [1.29, 1.82) is 0 Å². The van der Waals surface area contributed by atoms with Gasteiger partial charge in [-0.1, -0.05) is 38.8 Å². The van der Waals surface area contributed by atoms with Gasteiger partial charge < -0.3 is 10.2 Å². The number of aliphatic carboxylic acids is 2. The highest BCUT2D eigenvalue weighted by Crippen LogP contribution is 2.27. The molecule has 0 fully saturated rings. The molecule has 0 aromatic carbocycles. The van der Waals surface area contributed by atoms with Crippen LogP contribution in [0.15, 0.2) is 23.3 Å². The first-order valence-electron chi connectivity index (χ1n) is 7.15. The van der Waals surface area contributed by atoms with Crippen molar-refractivity contribution in [2.75, 3.05) is 0 Å². The van der Waals surface area contributed by atoms with E-state index in [0.717, 1.165) is 19.3 Å². The van der Waals surface area contributed by atoms with Crippen LogP contribution in [0.25, 0.3) is 0 Å². The fourth-order valence-corrected chi connectivity index (χ4v) is 2.24. The van der Waals surface area contributed by atoms with Gasteiger partial charge in [0.25, 0.3) is 0 Å². The molecule has 0 saturated carbocycles. The number of rotatable bonds is 9. The van der Waals surface area contributed by atoms with Crippen LogP contribution >= 0.6 is 0 Å². The van der Waals surface area contributed by atoms with Gasteiger partial charge in [-0.05, 0) is 38.5 Å². The predicted octanol–water partition coefficient (Wildman–Crippen LogP) is 3.88. The quantitative estimate of drug-likeness (QED) is 0.629. The standard InChI is InChI=1S/C16H26O4/c1-5-7-14(10-12(4)16(19)20)13(6-2)9-8-11(3)15(17)18/h8,10,13-14H,5-7,9H2,1-4H3,(H,17,18)(H,19,20). The molecule has 0 aromatic rings. The molecule has 0 rings (SSSR count). The van der Waals surface area contributed by atoms with Gasteiger partial charge in [0.2, 0.25) is 0 Å². The molecule has 0 aliphatic carbocycles. The number of hydrogen-bond acceptors (Lipinski definition) is 2. The normalized spacial score (nSPS) is 15.8. The lowest BCUT2D eigenvalue weighted by Crippen LogP contribution is -2.14. The number of hydrogen-bond donors (Lipinski definition) is 2. The SMILES string of the molecule is CCCC(C=C(C)C(=O)O)C(CC)CC=C(C)C(=O)O. The van der Waals surface area contributed by atoms with Crippen LogP contribution in [0.2, 0.25) is 0 Å². The molecule has 20 heavy (non-hydrogen) atoms. The van der Waals surface area contributed by atoms with Crippen molar-refractivity contribution in [2.24, 2.45) is 11.8 Å². The molecule has 0 saturated heterocycles. The third kappa shape index (κ3) is 6.55. The second-order valence-electron chi connectivity index (χ2n) is 5.20. The minimum absolute atomic E-state index is 0.180. The van der Waals surface area contributed by atoms with Gasteiger partial charge in [-0.2, -0.15) is 0 Å². The van der Waals surface area contributed by atoms with Crippen LogP contribution in [-0.4, -0.2) is 22.2 Å². The maximum Gasteiger partial charge on any atom is 0.330 e. The number of carbonyl (C=O) groups is 2. The molecule has 2 N–H and O–H groups in total. The molecule has 4 heteroatoms. The average Bonchev–Trinajstić information content (AvgIpc) is 2.38. The number of carboxylic acids is 2. The first-order chi connectivity index (χ1) is 9.33. The summed E-state index contributed by atoms with van der Waals surface area (Å²) in [6, 6.07) is 0. The molecular formula is C16H26O4. The second kappa shape index (κ2) is 9.34. The van der Waals surface area contributed by atoms with Crippen LogP contribution < -0.4 is 0 Å². The fraction of sp³-hybridized carbons (Fsp3) is 0.625. The summed E-state index contributed by atoms with van der Waals surface area (Å²) in [6.45, 7) is 7.32. The second-order valence-corrected chi connectivity index (χ2v) is 5.20. The summed E-state index contributed by atoms with van der Waals surface area (Å²) in [5, 5.41) is 17.9. The van der Waals surface area contributed by atoms with Gasteiger partial charge in [-0.15, -0.1) is 0 Å². The lowest BCUT2D eigenvalue weighted by molar-refractivity contribution is -0.133. The van der Waals surface area contributed by atoms with Crippen molar-refractivity contribution in [2.45, 2.75) is 53.4 Å². The van der Waals surface area contributed by atoms with Gasteiger partial charge in [-0.25, -0.2) is 9.59 Å². The zero-order valence-electron chi connectivity index (χ0n) is 12.8. The first kappa shape index (κ1) is 18.4. The Morgan fingerprint density at radius 1 is 1.05 bits per heavy atom. The van der Waals surface area contributed by atoms with Crippen molar-refractivity contribution in [3.8, 4) is 0 Å². The van der Waals surface area contributed by atoms with E-state index in [0.29, 0.717) is 17.6 Å². The lowest BCUT2D eigenvalue weighted by atomic mass is 9.82. The van der Waals surface area contributed by atoms with E-state index in [-0.39, 0.29) is 11.8 Å². The van der Waals surface area contributed by atoms with Gasteiger partial charge in [0, 0.05) is 11.1 Å². The molecule has 0 aromatic heterocycles. The average molecular weight is 282 g/mol. The lowest BCUT2D eigenvalue weighted by Gasteiger charge is -2.22. The summed E-state index contributed by atoms with van der Waals surface area (Å²) in [7, 11) is 0. The maximum absolute atomic E-state index is 10.9. The van der Waals surface area contributed by atoms with Gasteiger partial charge in [0.15, 0.2) is 0 Å². The Morgan fingerprint density at radius 2 is 1.60 bits per heavy atom. The van der Waals surface area contributed by atoms with Crippen LogP contribution in [0.5, 0.6) is 0 Å². The van der Waals surface area contributed by atoms with E-state index in [1.807, 2.05) is 6.08 Å². The molecule has 4 nitrogen and oxygen atoms in total. The summed E-state index contributed by atoms with van der Waals surface area (Å²) in [5.74, 6) is -1.33. The Morgan fingerprint density at radius 3 is 2.00 bits per heavy atom. The highest BCUT2D eigenvalue weighted by atomic mass is 16.4. The first-order valence-corrected chi connectivity index (χ1v) is 7.15. The molecule has 0 heterocycles. The maximum atomic E-state index is 10.9. The highest BCUT2D eigenvalue weighted by Gasteiger charge is 2.18. The Bertz CT molecular complexity index is 393. The smallest absolute Gasteiger partial charge is 0.330 e. The number of allylic oxidation sites excluding steroid dienone is 2. The molecular weight excluding hydrogens is 256 g/mol. The van der Waals surface area contributed by atoms with E-state index in [1.54, 1.807) is 19.9 Å². The molecule has 114 valence electrons. The minimum Gasteiger partial charge on any atom is -0.478 e. The van der Waals surface area contributed by atoms with Crippen LogP contribution in [0.3, 0.4) is 0 Å². The summed E-state index contributed by atoms with van der Waals surface area (Å²) >= 11 is 0. The summed E-state index contributed by atoms with van der Waals surface area (Å²) < 4.78 is 0. The topological polar surface area (TPSA) is 74.6 Å². The zero-order chi connectivity index (χ0) is 15.7. The molecule has 2 atom stereocenters. The number of carboxylic acid groups (broad SMARTS) is 2. The molecule has 0 aliphatic rings. The van der Waals surface area contributed by atoms with E-state index >= 15 is 0 Å². The van der Waals surface area contributed by atoms with E-state index in [1.165, 1.54) is 0 Å². The predicted molar refractivity (Wildman–Crippen MR) is 79.6 cm³/mol. The van der Waals surface area contributed by atoms with Gasteiger partial charge in [0.1, 0.15) is 0 Å². The summed E-state index contributed by atoms with van der Waals surface area (Å²) in [5.41, 5.74) is 0.707. The van der Waals surface area contributed by atoms with Gasteiger partial charge >= 0.3 is 11.9 Å². The van der Waals surface area contributed by atoms with Crippen LogP contribution in [0.1, 0.15) is 53.4 Å². The minimum atomic E-state index is -0.899. The summed E-state index contributed by atoms with van der Waals surface area (Å²) in [4.78, 5) is 21.8. The third-order valence-corrected chi connectivity index (χ3v) is 3.62. The van der Waals surface area contributed by atoms with Crippen molar-refractivity contribution in [3.05, 3.63) is 23.3 Å². The molecule has 2 unspecified atom stereocenters. The fourth-order valence-electron chi connectivity index (χ4n) is 2.24. The Labute approximate surface area is 121 Å². The Kier molecular flexibility index (Phi) is 8.61. The highest BCUT2D eigenvalue weighted by molar-refractivity contribution is 5.86. The Balaban J connectivity index is 5.02. The van der Waals surface area contributed by atoms with Gasteiger partial charge in [-0.3, -0.25) is 0 Å². The van der Waals surface area contributed by atoms with E-state index in [9.17, 15) is 9.59 Å². The summed E-state index contributed by atoms with van der Waals surface area (Å²) in [6.07, 6.45) is 7.03. The van der Waals surface area contributed by atoms with Crippen LogP contribution in [-0.2, 0) is 9.59 Å². The van der Waals surface area contributed by atoms with Crippen molar-refractivity contribution >= 4 is 11.9 Å². The molecule has 0 spiro atoms. The van der Waals surface area contributed by atoms with Crippen LogP contribution in [0.4, 0.5) is 0 Å². The van der Waals surface area contributed by atoms with E-state index < -0.39 is 11.9 Å². The van der Waals surface area contributed by atoms with Crippen molar-refractivity contribution in [1.82, 2.24) is 0 Å². The van der Waals surface area contributed by atoms with E-state index in [4.69, 9.17) is 10.2 Å². The molecule has 0 bridgehead atoms. The molecule has 0 aliphatic heterocycles. The van der Waals surface area contributed by atoms with Crippen molar-refractivity contribution in [3.63, 3.8) is 0 Å². The van der Waals surface area contributed by atoms with Crippen molar-refractivity contribution < 1.29 is 19.8 Å². The largest absolute Gasteiger partial charge is 0.478 e. The van der Waals surface area contributed by atoms with Gasteiger partial charge in [0.05, 0.1) is 0 Å². The van der Waals surface area contributed by atoms with Crippen LogP contribution in [0, 0.1) is 11.8 Å². The zero-order valence-corrected chi connectivity index (χ0v) is 12.8. The third-order valence-electron chi connectivity index (χ3n) is 3.62. The van der Waals surface area contributed by atoms with E-state index in [2.05, 4.69) is 13.8 Å². The molecule has 0 radical (unpaired) electrons.